The Kier molecular flexibility index (Phi) is 3.70. The van der Waals surface area contributed by atoms with Crippen LogP contribution in [0.25, 0.3) is 0 Å². The fourth-order valence-electron chi connectivity index (χ4n) is 0.841. The minimum Gasteiger partial charge on any atom is -0.449 e. The van der Waals surface area contributed by atoms with Crippen molar-refractivity contribution in [1.82, 2.24) is 4.90 Å². The maximum atomic E-state index is 11.7. The zero-order chi connectivity index (χ0) is 11.3. The number of allylic oxidation sites excluding steroid dienone is 1. The molecule has 0 aromatic heterocycles. The molecule has 4 nitrogen and oxygen atoms in total. The van der Waals surface area contributed by atoms with Gasteiger partial charge < -0.3 is 4.74 Å². The number of halogens is 3. The third-order valence-corrected chi connectivity index (χ3v) is 1.54. The Morgan fingerprint density at radius 3 is 2.80 bits per heavy atom. The van der Waals surface area contributed by atoms with Crippen LogP contribution in [0.3, 0.4) is 0 Å². The third-order valence-electron chi connectivity index (χ3n) is 1.54. The third kappa shape index (κ3) is 4.48. The summed E-state index contributed by atoms with van der Waals surface area (Å²) in [4.78, 5) is 15.9. The van der Waals surface area contributed by atoms with Crippen LogP contribution in [0.1, 0.15) is 6.42 Å². The molecule has 15 heavy (non-hydrogen) atoms. The van der Waals surface area contributed by atoms with Crippen molar-refractivity contribution >= 4 is 12.3 Å². The smallest absolute Gasteiger partial charge is 0.415 e. The number of carbonyl (C=O) groups is 1. The van der Waals surface area contributed by atoms with Gasteiger partial charge in [-0.2, -0.15) is 13.2 Å². The maximum Gasteiger partial charge on any atom is 0.415 e. The number of nitrogens with zero attached hydrogens (tertiary/aromatic N) is 2. The lowest BCUT2D eigenvalue weighted by molar-refractivity contribution is -0.141. The summed E-state index contributed by atoms with van der Waals surface area (Å²) in [5.41, 5.74) is 0. The van der Waals surface area contributed by atoms with Crippen molar-refractivity contribution in [3.8, 4) is 0 Å². The first-order valence-electron chi connectivity index (χ1n) is 4.16. The fourth-order valence-corrected chi connectivity index (χ4v) is 0.841. The second-order valence-electron chi connectivity index (χ2n) is 2.76. The summed E-state index contributed by atoms with van der Waals surface area (Å²) in [6, 6.07) is 0. The van der Waals surface area contributed by atoms with Crippen molar-refractivity contribution in [2.75, 3.05) is 13.3 Å². The number of alkyl halides is 3. The van der Waals surface area contributed by atoms with Gasteiger partial charge in [-0.05, 0) is 6.08 Å². The lowest BCUT2D eigenvalue weighted by Gasteiger charge is -2.17. The number of rotatable bonds is 2. The molecule has 0 saturated heterocycles. The van der Waals surface area contributed by atoms with Gasteiger partial charge in [-0.3, -0.25) is 9.89 Å². The Morgan fingerprint density at radius 2 is 2.27 bits per heavy atom. The van der Waals surface area contributed by atoms with Gasteiger partial charge in [-0.1, -0.05) is 0 Å². The number of aliphatic imine (C=N–C) groups is 1. The monoisotopic (exact) mass is 222 g/mol. The summed E-state index contributed by atoms with van der Waals surface area (Å²) in [6.45, 7) is -0.599. The van der Waals surface area contributed by atoms with Gasteiger partial charge >= 0.3 is 12.3 Å². The first-order valence-corrected chi connectivity index (χ1v) is 4.16. The molecular weight excluding hydrogens is 213 g/mol. The molecule has 84 valence electrons. The van der Waals surface area contributed by atoms with Gasteiger partial charge in [-0.15, -0.1) is 0 Å². The van der Waals surface area contributed by atoms with Gasteiger partial charge in [0.2, 0.25) is 0 Å². The Morgan fingerprint density at radius 1 is 1.53 bits per heavy atom. The molecule has 0 bridgehead atoms. The van der Waals surface area contributed by atoms with E-state index in [-0.39, 0.29) is 6.67 Å². The van der Waals surface area contributed by atoms with Gasteiger partial charge in [0.15, 0.2) is 0 Å². The highest BCUT2D eigenvalue weighted by Crippen LogP contribution is 2.19. The van der Waals surface area contributed by atoms with Crippen molar-refractivity contribution in [3.63, 3.8) is 0 Å². The van der Waals surface area contributed by atoms with E-state index in [9.17, 15) is 18.0 Å². The van der Waals surface area contributed by atoms with Crippen molar-refractivity contribution in [2.45, 2.75) is 12.6 Å². The van der Waals surface area contributed by atoms with Gasteiger partial charge in [0.1, 0.15) is 13.3 Å². The van der Waals surface area contributed by atoms with Crippen molar-refractivity contribution < 1.29 is 22.7 Å². The van der Waals surface area contributed by atoms with Crippen LogP contribution in [0.5, 0.6) is 0 Å². The molecule has 0 unspecified atom stereocenters. The van der Waals surface area contributed by atoms with Crippen LogP contribution in [0.15, 0.2) is 17.3 Å². The number of hydrogen-bond acceptors (Lipinski definition) is 3. The van der Waals surface area contributed by atoms with Gasteiger partial charge in [-0.25, -0.2) is 4.79 Å². The van der Waals surface area contributed by atoms with Crippen LogP contribution in [0.4, 0.5) is 18.0 Å². The van der Waals surface area contributed by atoms with E-state index >= 15 is 0 Å². The highest BCUT2D eigenvalue weighted by Gasteiger charge is 2.27. The molecule has 0 aromatic carbocycles. The molecule has 1 rings (SSSR count). The van der Waals surface area contributed by atoms with E-state index in [4.69, 9.17) is 0 Å². The molecule has 1 heterocycles. The van der Waals surface area contributed by atoms with E-state index in [0.717, 1.165) is 4.90 Å². The van der Waals surface area contributed by atoms with Crippen LogP contribution < -0.4 is 0 Å². The predicted molar refractivity (Wildman–Crippen MR) is 46.4 cm³/mol. The van der Waals surface area contributed by atoms with Crippen LogP contribution in [0, 0.1) is 0 Å². The Hall–Kier alpha value is -1.53. The minimum atomic E-state index is -4.31. The van der Waals surface area contributed by atoms with Crippen LogP contribution >= 0.6 is 0 Å². The van der Waals surface area contributed by atoms with E-state index < -0.39 is 25.3 Å². The number of ether oxygens (including phenoxy) is 1. The molecular formula is C8H9F3N2O2. The van der Waals surface area contributed by atoms with E-state index in [2.05, 4.69) is 9.73 Å². The first kappa shape index (κ1) is 11.5. The second kappa shape index (κ2) is 4.81. The summed E-state index contributed by atoms with van der Waals surface area (Å²) in [5, 5.41) is 0. The summed E-state index contributed by atoms with van der Waals surface area (Å²) in [7, 11) is 0. The molecule has 0 fully saturated rings. The molecule has 0 atom stereocenters. The molecule has 0 saturated carbocycles. The lowest BCUT2D eigenvalue weighted by atomic mass is 10.4. The largest absolute Gasteiger partial charge is 0.449 e. The molecule has 0 N–H and O–H groups in total. The maximum absolute atomic E-state index is 11.7. The zero-order valence-corrected chi connectivity index (χ0v) is 7.70. The highest BCUT2D eigenvalue weighted by atomic mass is 19.4. The van der Waals surface area contributed by atoms with E-state index in [1.54, 1.807) is 0 Å². The summed E-state index contributed by atoms with van der Waals surface area (Å²) < 4.78 is 39.5. The van der Waals surface area contributed by atoms with Crippen molar-refractivity contribution in [1.29, 1.82) is 0 Å². The zero-order valence-electron chi connectivity index (χ0n) is 7.70. The Bertz CT molecular complexity index is 286. The molecule has 0 spiro atoms. The molecule has 0 aromatic rings. The standard InChI is InChI=1S/C8H9F3N2O2/c9-8(10,11)2-5-15-7(14)13-4-1-3-12-6-13/h1,3-4H,2,5-6H2. The molecule has 0 radical (unpaired) electrons. The minimum absolute atomic E-state index is 0.0708. The van der Waals surface area contributed by atoms with Crippen molar-refractivity contribution in [2.24, 2.45) is 4.99 Å². The summed E-state index contributed by atoms with van der Waals surface area (Å²) in [5.74, 6) is 0. The topological polar surface area (TPSA) is 41.9 Å². The molecule has 7 heteroatoms. The summed E-state index contributed by atoms with van der Waals surface area (Å²) >= 11 is 0. The molecule has 1 aliphatic rings. The Labute approximate surface area is 84.0 Å². The SMILES string of the molecule is O=C(OCCC(F)(F)F)N1C=CC=NC1. The van der Waals surface area contributed by atoms with Gasteiger partial charge in [0.25, 0.3) is 0 Å². The summed E-state index contributed by atoms with van der Waals surface area (Å²) in [6.07, 6.45) is -1.90. The van der Waals surface area contributed by atoms with Crippen LogP contribution in [0.2, 0.25) is 0 Å². The number of hydrogen-bond donors (Lipinski definition) is 0. The second-order valence-corrected chi connectivity index (χ2v) is 2.76. The van der Waals surface area contributed by atoms with E-state index in [1.807, 2.05) is 0 Å². The molecule has 0 aliphatic carbocycles. The lowest BCUT2D eigenvalue weighted by Crippen LogP contribution is -2.29. The molecule has 1 amide bonds. The fraction of sp³-hybridized carbons (Fsp3) is 0.500. The quantitative estimate of drug-likeness (QED) is 0.716. The van der Waals surface area contributed by atoms with Crippen LogP contribution in [-0.4, -0.2) is 36.7 Å². The average Bonchev–Trinajstić information content (AvgIpc) is 2.17. The van der Waals surface area contributed by atoms with Crippen LogP contribution in [-0.2, 0) is 4.74 Å². The molecule has 1 aliphatic heterocycles. The number of carbonyl (C=O) groups excluding carboxylic acids is 1. The number of amides is 1. The van der Waals surface area contributed by atoms with Gasteiger partial charge in [0.05, 0.1) is 6.42 Å². The van der Waals surface area contributed by atoms with E-state index in [1.165, 1.54) is 18.5 Å². The van der Waals surface area contributed by atoms with E-state index in [0.29, 0.717) is 0 Å². The highest BCUT2D eigenvalue weighted by molar-refractivity contribution is 5.76. The average molecular weight is 222 g/mol. The normalized spacial score (nSPS) is 15.5. The first-order chi connectivity index (χ1) is 6.99. The predicted octanol–water partition coefficient (Wildman–Crippen LogP) is 1.93. The Balaban J connectivity index is 2.25. The van der Waals surface area contributed by atoms with Gasteiger partial charge in [0, 0.05) is 12.4 Å². The van der Waals surface area contributed by atoms with Crippen molar-refractivity contribution in [3.05, 3.63) is 12.3 Å².